The van der Waals surface area contributed by atoms with Crippen LogP contribution in [0.25, 0.3) is 0 Å². The highest BCUT2D eigenvalue weighted by molar-refractivity contribution is 7.89. The highest BCUT2D eigenvalue weighted by Gasteiger charge is 2.27. The topological polar surface area (TPSA) is 84.5 Å². The summed E-state index contributed by atoms with van der Waals surface area (Å²) < 4.78 is 34.3. The van der Waals surface area contributed by atoms with Gasteiger partial charge < -0.3 is 10.1 Å². The number of amides is 1. The number of nitrogens with one attached hydrogen (secondary N) is 2. The molecule has 0 saturated carbocycles. The monoisotopic (exact) mass is 506 g/mol. The van der Waals surface area contributed by atoms with Gasteiger partial charge in [-0.2, -0.15) is 4.72 Å². The molecule has 0 aliphatic heterocycles. The molecule has 1 atom stereocenters. The van der Waals surface area contributed by atoms with Crippen LogP contribution >= 0.6 is 23.2 Å². The fraction of sp³-hybridized carbons (Fsp3) is 0.208. The molecular formula is C24H24Cl2N2O4S. The minimum absolute atomic E-state index is 0.0371. The lowest BCUT2D eigenvalue weighted by atomic mass is 10.1. The third-order valence-corrected chi connectivity index (χ3v) is 6.87. The van der Waals surface area contributed by atoms with Gasteiger partial charge >= 0.3 is 0 Å². The minimum Gasteiger partial charge on any atom is -0.494 e. The zero-order valence-corrected chi connectivity index (χ0v) is 20.5. The van der Waals surface area contributed by atoms with Gasteiger partial charge in [-0.25, -0.2) is 8.42 Å². The maximum absolute atomic E-state index is 13.2. The molecule has 0 aromatic heterocycles. The number of rotatable bonds is 9. The number of hydrogen-bond donors (Lipinski definition) is 2. The summed E-state index contributed by atoms with van der Waals surface area (Å²) in [7, 11) is -4.01. The minimum atomic E-state index is -4.01. The number of hydrogen-bond acceptors (Lipinski definition) is 4. The van der Waals surface area contributed by atoms with E-state index in [1.165, 1.54) is 18.2 Å². The van der Waals surface area contributed by atoms with Gasteiger partial charge in [0, 0.05) is 5.02 Å². The van der Waals surface area contributed by atoms with Crippen LogP contribution in [0.3, 0.4) is 0 Å². The van der Waals surface area contributed by atoms with Crippen LogP contribution in [0.1, 0.15) is 18.1 Å². The summed E-state index contributed by atoms with van der Waals surface area (Å²) in [5.41, 5.74) is 1.76. The van der Waals surface area contributed by atoms with E-state index in [4.69, 9.17) is 27.9 Å². The Morgan fingerprint density at radius 1 is 1.03 bits per heavy atom. The summed E-state index contributed by atoms with van der Waals surface area (Å²) in [5.74, 6) is 0.0416. The third kappa shape index (κ3) is 6.71. The van der Waals surface area contributed by atoms with Gasteiger partial charge in [0.15, 0.2) is 0 Å². The Balaban J connectivity index is 1.89. The highest BCUT2D eigenvalue weighted by atomic mass is 35.5. The molecule has 3 aromatic rings. The third-order valence-electron chi connectivity index (χ3n) is 4.84. The number of sulfonamides is 1. The number of ether oxygens (including phenoxy) is 1. The normalized spacial score (nSPS) is 12.2. The summed E-state index contributed by atoms with van der Waals surface area (Å²) in [4.78, 5) is 13.2. The molecule has 0 unspecified atom stereocenters. The molecule has 0 aliphatic carbocycles. The molecule has 0 bridgehead atoms. The largest absolute Gasteiger partial charge is 0.494 e. The Labute approximate surface area is 203 Å². The van der Waals surface area contributed by atoms with Gasteiger partial charge in [0.05, 0.1) is 22.2 Å². The van der Waals surface area contributed by atoms with Gasteiger partial charge in [-0.15, -0.1) is 0 Å². The first-order valence-corrected chi connectivity index (χ1v) is 12.5. The molecule has 0 spiro atoms. The van der Waals surface area contributed by atoms with Crippen molar-refractivity contribution in [2.75, 3.05) is 11.9 Å². The first-order valence-electron chi connectivity index (χ1n) is 10.2. The molecule has 33 heavy (non-hydrogen) atoms. The van der Waals surface area contributed by atoms with Crippen molar-refractivity contribution in [2.45, 2.75) is 31.2 Å². The van der Waals surface area contributed by atoms with E-state index in [0.717, 1.165) is 5.56 Å². The predicted molar refractivity (Wildman–Crippen MR) is 132 cm³/mol. The van der Waals surface area contributed by atoms with Crippen molar-refractivity contribution >= 4 is 44.8 Å². The van der Waals surface area contributed by atoms with Crippen molar-refractivity contribution < 1.29 is 17.9 Å². The second kappa shape index (κ2) is 11.0. The lowest BCUT2D eigenvalue weighted by molar-refractivity contribution is -0.117. The second-order valence-corrected chi connectivity index (χ2v) is 9.89. The van der Waals surface area contributed by atoms with E-state index in [2.05, 4.69) is 10.0 Å². The first-order chi connectivity index (χ1) is 15.7. The Morgan fingerprint density at radius 2 is 1.76 bits per heavy atom. The van der Waals surface area contributed by atoms with Crippen molar-refractivity contribution in [3.8, 4) is 5.75 Å². The number of halogens is 2. The SMILES string of the molecule is CCOc1ccc(S(=O)(=O)N[C@H](Cc2ccccc2)C(=O)Nc2cc(Cl)ccc2Cl)cc1C. The van der Waals surface area contributed by atoms with E-state index >= 15 is 0 Å². The average Bonchev–Trinajstić information content (AvgIpc) is 2.78. The van der Waals surface area contributed by atoms with Crippen molar-refractivity contribution in [1.82, 2.24) is 4.72 Å². The van der Waals surface area contributed by atoms with Crippen molar-refractivity contribution in [3.05, 3.63) is 87.9 Å². The Bertz CT molecular complexity index is 1230. The van der Waals surface area contributed by atoms with Crippen LogP contribution in [0.2, 0.25) is 10.0 Å². The molecule has 0 heterocycles. The summed E-state index contributed by atoms with van der Waals surface area (Å²) in [6.07, 6.45) is 0.139. The molecule has 1 amide bonds. The lowest BCUT2D eigenvalue weighted by Gasteiger charge is -2.20. The molecule has 0 aliphatic rings. The van der Waals surface area contributed by atoms with E-state index in [9.17, 15) is 13.2 Å². The van der Waals surface area contributed by atoms with Crippen molar-refractivity contribution in [2.24, 2.45) is 0 Å². The van der Waals surface area contributed by atoms with E-state index < -0.39 is 22.0 Å². The maximum Gasteiger partial charge on any atom is 0.242 e. The van der Waals surface area contributed by atoms with Crippen LogP contribution in [0, 0.1) is 6.92 Å². The maximum atomic E-state index is 13.2. The van der Waals surface area contributed by atoms with Crippen LogP contribution in [0.4, 0.5) is 5.69 Å². The number of carbonyl (C=O) groups excluding carboxylic acids is 1. The summed E-state index contributed by atoms with van der Waals surface area (Å²) in [6.45, 7) is 4.08. The fourth-order valence-electron chi connectivity index (χ4n) is 3.21. The zero-order chi connectivity index (χ0) is 24.0. The van der Waals surface area contributed by atoms with E-state index in [-0.39, 0.29) is 16.3 Å². The Morgan fingerprint density at radius 3 is 2.42 bits per heavy atom. The van der Waals surface area contributed by atoms with Crippen LogP contribution in [-0.4, -0.2) is 27.0 Å². The molecule has 9 heteroatoms. The number of benzene rings is 3. The van der Waals surface area contributed by atoms with E-state index in [1.54, 1.807) is 25.1 Å². The zero-order valence-electron chi connectivity index (χ0n) is 18.1. The van der Waals surface area contributed by atoms with Crippen LogP contribution in [-0.2, 0) is 21.2 Å². The smallest absolute Gasteiger partial charge is 0.242 e. The van der Waals surface area contributed by atoms with Crippen LogP contribution in [0.5, 0.6) is 5.75 Å². The van der Waals surface area contributed by atoms with E-state index in [0.29, 0.717) is 28.6 Å². The number of anilines is 1. The fourth-order valence-corrected chi connectivity index (χ4v) is 4.83. The summed E-state index contributed by atoms with van der Waals surface area (Å²) in [6, 6.07) is 17.3. The van der Waals surface area contributed by atoms with Crippen LogP contribution < -0.4 is 14.8 Å². The van der Waals surface area contributed by atoms with Gasteiger partial charge in [-0.3, -0.25) is 4.79 Å². The average molecular weight is 507 g/mol. The molecule has 3 aromatic carbocycles. The van der Waals surface area contributed by atoms with E-state index in [1.807, 2.05) is 37.3 Å². The highest BCUT2D eigenvalue weighted by Crippen LogP contribution is 2.26. The molecular weight excluding hydrogens is 483 g/mol. The quantitative estimate of drug-likeness (QED) is 0.416. The molecule has 6 nitrogen and oxygen atoms in total. The molecule has 0 radical (unpaired) electrons. The van der Waals surface area contributed by atoms with Gasteiger partial charge in [0.25, 0.3) is 0 Å². The predicted octanol–water partition coefficient (Wildman–Crippen LogP) is 5.23. The lowest BCUT2D eigenvalue weighted by Crippen LogP contribution is -2.45. The van der Waals surface area contributed by atoms with Gasteiger partial charge in [0.1, 0.15) is 11.8 Å². The number of carbonyl (C=O) groups is 1. The summed E-state index contributed by atoms with van der Waals surface area (Å²) >= 11 is 12.2. The Kier molecular flexibility index (Phi) is 8.37. The molecule has 0 saturated heterocycles. The number of aryl methyl sites for hydroxylation is 1. The van der Waals surface area contributed by atoms with Crippen LogP contribution in [0.15, 0.2) is 71.6 Å². The molecule has 174 valence electrons. The molecule has 2 N–H and O–H groups in total. The summed E-state index contributed by atoms with van der Waals surface area (Å²) in [5, 5.41) is 3.36. The second-order valence-electron chi connectivity index (χ2n) is 7.34. The van der Waals surface area contributed by atoms with Crippen molar-refractivity contribution in [3.63, 3.8) is 0 Å². The Hall–Kier alpha value is -2.58. The standard InChI is InChI=1S/C24H24Cl2N2O4S/c1-3-32-23-12-10-19(13-16(23)2)33(30,31)28-22(14-17-7-5-4-6-8-17)24(29)27-21-15-18(25)9-11-20(21)26/h4-13,15,22,28H,3,14H2,1-2H3,(H,27,29)/t22-/m1/s1. The molecule has 0 fully saturated rings. The first kappa shape index (κ1) is 25.1. The van der Waals surface area contributed by atoms with Crippen molar-refractivity contribution in [1.29, 1.82) is 0 Å². The van der Waals surface area contributed by atoms with Gasteiger partial charge in [0.2, 0.25) is 15.9 Å². The van der Waals surface area contributed by atoms with Gasteiger partial charge in [-0.05, 0) is 67.8 Å². The molecule has 3 rings (SSSR count). The van der Waals surface area contributed by atoms with Gasteiger partial charge in [-0.1, -0.05) is 53.5 Å².